The van der Waals surface area contributed by atoms with Gasteiger partial charge in [0, 0.05) is 12.2 Å². The maximum atomic E-state index is 12.7. The van der Waals surface area contributed by atoms with Gasteiger partial charge in [-0.3, -0.25) is 4.79 Å². The van der Waals surface area contributed by atoms with Gasteiger partial charge in [0.2, 0.25) is 0 Å². The van der Waals surface area contributed by atoms with Crippen molar-refractivity contribution in [2.45, 2.75) is 19.5 Å². The molecule has 3 nitrogen and oxygen atoms in total. The fourth-order valence-corrected chi connectivity index (χ4v) is 0.621. The number of halogens is 1. The lowest BCUT2D eigenvalue weighted by Crippen LogP contribution is -2.27. The summed E-state index contributed by atoms with van der Waals surface area (Å²) in [6.07, 6.45) is -2.13. The van der Waals surface area contributed by atoms with Crippen LogP contribution in [0, 0.1) is 0 Å². The highest BCUT2D eigenvalue weighted by Crippen LogP contribution is 1.99. The highest BCUT2D eigenvalue weighted by Gasteiger charge is 2.25. The molecule has 0 aromatic heterocycles. The minimum Gasteiger partial charge on any atom is -0.462 e. The van der Waals surface area contributed by atoms with Crippen molar-refractivity contribution in [3.63, 3.8) is 0 Å². The number of thiol groups is 1. The van der Waals surface area contributed by atoms with Crippen molar-refractivity contribution in [3.05, 3.63) is 0 Å². The Kier molecular flexibility index (Phi) is 5.70. The third-order valence-electron chi connectivity index (χ3n) is 1.17. The van der Waals surface area contributed by atoms with Crippen molar-refractivity contribution >= 4 is 24.4 Å². The van der Waals surface area contributed by atoms with Crippen LogP contribution in [0.3, 0.4) is 0 Å². The molecular weight excluding hydrogens is 183 g/mol. The van der Waals surface area contributed by atoms with Gasteiger partial charge in [-0.05, 0) is 0 Å². The van der Waals surface area contributed by atoms with Gasteiger partial charge in [-0.15, -0.1) is 0 Å². The summed E-state index contributed by atoms with van der Waals surface area (Å²) < 4.78 is 17.0. The molecule has 12 heavy (non-hydrogen) atoms. The minimum absolute atomic E-state index is 0.00284. The normalized spacial score (nSPS) is 12.2. The van der Waals surface area contributed by atoms with Crippen molar-refractivity contribution in [1.82, 2.24) is 0 Å². The van der Waals surface area contributed by atoms with Crippen molar-refractivity contribution in [3.8, 4) is 0 Å². The Labute approximate surface area is 75.7 Å². The van der Waals surface area contributed by atoms with E-state index < -0.39 is 17.9 Å². The van der Waals surface area contributed by atoms with Crippen LogP contribution in [-0.2, 0) is 14.3 Å². The average Bonchev–Trinajstić information content (AvgIpc) is 2.11. The Morgan fingerprint density at radius 1 is 1.58 bits per heavy atom. The number of hydrogen-bond donors (Lipinski definition) is 1. The van der Waals surface area contributed by atoms with Gasteiger partial charge < -0.3 is 4.74 Å². The predicted molar refractivity (Wildman–Crippen MR) is 45.0 cm³/mol. The Morgan fingerprint density at radius 2 is 2.17 bits per heavy atom. The smallest absolute Gasteiger partial charge is 0.348 e. The van der Waals surface area contributed by atoms with Crippen molar-refractivity contribution in [2.24, 2.45) is 0 Å². The van der Waals surface area contributed by atoms with Crippen LogP contribution in [0.5, 0.6) is 0 Å². The van der Waals surface area contributed by atoms with Crippen LogP contribution < -0.4 is 0 Å². The summed E-state index contributed by atoms with van der Waals surface area (Å²) in [4.78, 5) is 21.3. The second-order valence-electron chi connectivity index (χ2n) is 2.07. The topological polar surface area (TPSA) is 43.4 Å². The third-order valence-corrected chi connectivity index (χ3v) is 1.36. The lowest BCUT2D eigenvalue weighted by molar-refractivity contribution is -0.152. The summed E-state index contributed by atoms with van der Waals surface area (Å²) >= 11 is 3.75. The highest BCUT2D eigenvalue weighted by molar-refractivity contribution is 7.80. The summed E-state index contributed by atoms with van der Waals surface area (Å²) in [6.45, 7) is 1.51. The Morgan fingerprint density at radius 3 is 2.58 bits per heavy atom. The molecule has 0 spiro atoms. The lowest BCUT2D eigenvalue weighted by atomic mass is 10.2. The van der Waals surface area contributed by atoms with Gasteiger partial charge in [-0.25, -0.2) is 9.18 Å². The number of hydrogen-bond acceptors (Lipinski definition) is 4. The third kappa shape index (κ3) is 3.71. The molecule has 0 amide bonds. The summed E-state index contributed by atoms with van der Waals surface area (Å²) in [7, 11) is 0. The van der Waals surface area contributed by atoms with E-state index in [0.717, 1.165) is 0 Å². The van der Waals surface area contributed by atoms with E-state index in [4.69, 9.17) is 0 Å². The van der Waals surface area contributed by atoms with E-state index in [0.29, 0.717) is 5.75 Å². The molecule has 0 radical (unpaired) electrons. The summed E-state index contributed by atoms with van der Waals surface area (Å²) in [5.41, 5.74) is 0. The Balaban J connectivity index is 3.84. The molecule has 0 saturated heterocycles. The quantitative estimate of drug-likeness (QED) is 0.399. The summed E-state index contributed by atoms with van der Waals surface area (Å²) in [6, 6.07) is 0. The number of alkyl halides is 1. The highest BCUT2D eigenvalue weighted by atomic mass is 32.1. The van der Waals surface area contributed by atoms with Crippen LogP contribution in [0.2, 0.25) is 0 Å². The van der Waals surface area contributed by atoms with Gasteiger partial charge in [0.1, 0.15) is 6.61 Å². The maximum Gasteiger partial charge on any atom is 0.348 e. The molecule has 0 rings (SSSR count). The van der Waals surface area contributed by atoms with Gasteiger partial charge in [0.25, 0.3) is 6.17 Å². The molecular formula is C7H11FO3S. The molecule has 70 valence electrons. The number of ketones is 1. The standard InChI is InChI=1S/C7H11FO3S/c1-2-5(9)6(8)7(10)11-3-4-12/h6,12H,2-4H2,1H3. The summed E-state index contributed by atoms with van der Waals surface area (Å²) in [5.74, 6) is -1.55. The van der Waals surface area contributed by atoms with E-state index >= 15 is 0 Å². The zero-order chi connectivity index (χ0) is 9.56. The molecule has 0 aliphatic rings. The van der Waals surface area contributed by atoms with Gasteiger partial charge in [-0.1, -0.05) is 6.92 Å². The van der Waals surface area contributed by atoms with Crippen molar-refractivity contribution in [1.29, 1.82) is 0 Å². The zero-order valence-electron chi connectivity index (χ0n) is 6.75. The molecule has 0 N–H and O–H groups in total. The van der Waals surface area contributed by atoms with E-state index in [-0.39, 0.29) is 13.0 Å². The molecule has 1 atom stereocenters. The molecule has 0 saturated carbocycles. The van der Waals surface area contributed by atoms with E-state index in [1.54, 1.807) is 0 Å². The van der Waals surface area contributed by atoms with Crippen LogP contribution in [0.1, 0.15) is 13.3 Å². The summed E-state index contributed by atoms with van der Waals surface area (Å²) in [5, 5.41) is 0. The van der Waals surface area contributed by atoms with Crippen molar-refractivity contribution < 1.29 is 18.7 Å². The SMILES string of the molecule is CCC(=O)C(F)C(=O)OCCS. The number of ether oxygens (including phenoxy) is 1. The first-order chi connectivity index (χ1) is 5.63. The number of carbonyl (C=O) groups is 2. The first-order valence-electron chi connectivity index (χ1n) is 3.57. The van der Waals surface area contributed by atoms with E-state index in [9.17, 15) is 14.0 Å². The molecule has 1 unspecified atom stereocenters. The van der Waals surface area contributed by atoms with E-state index in [1.165, 1.54) is 6.92 Å². The van der Waals surface area contributed by atoms with Crippen molar-refractivity contribution in [2.75, 3.05) is 12.4 Å². The molecule has 0 aromatic carbocycles. The van der Waals surface area contributed by atoms with Crippen LogP contribution >= 0.6 is 12.6 Å². The average molecular weight is 194 g/mol. The number of Topliss-reactive ketones (excluding diaryl/α,β-unsaturated/α-hetero) is 1. The fraction of sp³-hybridized carbons (Fsp3) is 0.714. The number of esters is 1. The largest absolute Gasteiger partial charge is 0.462 e. The van der Waals surface area contributed by atoms with Gasteiger partial charge in [0.05, 0.1) is 0 Å². The monoisotopic (exact) mass is 194 g/mol. The molecule has 0 fully saturated rings. The number of carbonyl (C=O) groups excluding carboxylic acids is 2. The molecule has 0 heterocycles. The van der Waals surface area contributed by atoms with Crippen LogP contribution in [0.25, 0.3) is 0 Å². The van der Waals surface area contributed by atoms with Gasteiger partial charge in [-0.2, -0.15) is 12.6 Å². The van der Waals surface area contributed by atoms with Crippen LogP contribution in [-0.4, -0.2) is 30.3 Å². The second kappa shape index (κ2) is 5.99. The minimum atomic E-state index is -2.13. The molecule has 0 aromatic rings. The lowest BCUT2D eigenvalue weighted by Gasteiger charge is -2.04. The van der Waals surface area contributed by atoms with Crippen LogP contribution in [0.15, 0.2) is 0 Å². The van der Waals surface area contributed by atoms with Gasteiger partial charge >= 0.3 is 5.97 Å². The predicted octanol–water partition coefficient (Wildman–Crippen LogP) is 0.777. The Bertz CT molecular complexity index is 172. The first kappa shape index (κ1) is 11.4. The number of rotatable bonds is 5. The fourth-order valence-electron chi connectivity index (χ4n) is 0.530. The molecule has 0 aliphatic carbocycles. The molecule has 5 heteroatoms. The first-order valence-corrected chi connectivity index (χ1v) is 4.21. The molecule has 0 bridgehead atoms. The molecule has 0 aliphatic heterocycles. The van der Waals surface area contributed by atoms with E-state index in [2.05, 4.69) is 17.4 Å². The zero-order valence-corrected chi connectivity index (χ0v) is 7.64. The van der Waals surface area contributed by atoms with Crippen LogP contribution in [0.4, 0.5) is 4.39 Å². The maximum absolute atomic E-state index is 12.7. The van der Waals surface area contributed by atoms with E-state index in [1.807, 2.05) is 0 Å². The second-order valence-corrected chi connectivity index (χ2v) is 2.52. The van der Waals surface area contributed by atoms with Gasteiger partial charge in [0.15, 0.2) is 5.78 Å². The Hall–Kier alpha value is -0.580.